The molecule has 15 heavy (non-hydrogen) atoms. The van der Waals surface area contributed by atoms with Gasteiger partial charge in [0.2, 0.25) is 0 Å². The Bertz CT molecular complexity index is 437. The van der Waals surface area contributed by atoms with Crippen molar-refractivity contribution in [3.05, 3.63) is 48.0 Å². The summed E-state index contributed by atoms with van der Waals surface area (Å²) < 4.78 is 5.42. The Hall–Kier alpha value is -0.596. The summed E-state index contributed by atoms with van der Waals surface area (Å²) in [7, 11) is 0. The molecule has 2 nitrogen and oxygen atoms in total. The fraction of sp³-hybridized carbons (Fsp3) is 0.167. The summed E-state index contributed by atoms with van der Waals surface area (Å²) in [5.74, 6) is 0.773. The van der Waals surface area contributed by atoms with E-state index in [2.05, 4.69) is 35.3 Å². The van der Waals surface area contributed by atoms with Gasteiger partial charge in [0.25, 0.3) is 0 Å². The predicted octanol–water partition coefficient (Wildman–Crippen LogP) is 2.21. The zero-order valence-corrected chi connectivity index (χ0v) is 11.1. The number of allylic oxidation sites excluding steroid dienone is 1. The number of aliphatic imine (C=N–C) groups is 1. The second kappa shape index (κ2) is 4.50. The molecule has 0 amide bonds. The largest absolute Gasteiger partial charge is 3.00 e. The van der Waals surface area contributed by atoms with E-state index in [1.807, 2.05) is 0 Å². The Labute approximate surface area is 114 Å². The van der Waals surface area contributed by atoms with Crippen LogP contribution in [0.15, 0.2) is 35.3 Å². The molecule has 0 radical (unpaired) electrons. The maximum atomic E-state index is 5.42. The monoisotopic (exact) mass is 273 g/mol. The van der Waals surface area contributed by atoms with Gasteiger partial charge < -0.3 is 9.73 Å². The van der Waals surface area contributed by atoms with Crippen LogP contribution in [0.4, 0.5) is 0 Å². The van der Waals surface area contributed by atoms with E-state index in [-0.39, 0.29) is 32.7 Å². The molecule has 3 rings (SSSR count). The first kappa shape index (κ1) is 10.9. The number of benzene rings is 1. The van der Waals surface area contributed by atoms with Gasteiger partial charge in [0.1, 0.15) is 0 Å². The molecule has 2 aliphatic rings. The Morgan fingerprint density at radius 3 is 2.93 bits per heavy atom. The molecule has 0 aromatic heterocycles. The molecule has 1 aliphatic heterocycles. The molecule has 0 atom stereocenters. The average molecular weight is 273 g/mol. The topological polar surface area (TPSA) is 21.6 Å². The number of fused-ring (bicyclic) bond motifs is 1. The molecule has 0 unspecified atom stereocenters. The van der Waals surface area contributed by atoms with Crippen molar-refractivity contribution >= 4 is 11.5 Å². The molecule has 1 aromatic carbocycles. The molecule has 0 saturated carbocycles. The van der Waals surface area contributed by atoms with Gasteiger partial charge in [0.05, 0.1) is 5.90 Å². The van der Waals surface area contributed by atoms with Gasteiger partial charge in [-0.05, 0) is 23.1 Å². The third-order valence-electron chi connectivity index (χ3n) is 2.57. The van der Waals surface area contributed by atoms with Gasteiger partial charge in [-0.1, -0.05) is 30.3 Å². The normalized spacial score (nSPS) is 16.8. The van der Waals surface area contributed by atoms with Gasteiger partial charge in [-0.15, -0.1) is 6.54 Å². The van der Waals surface area contributed by atoms with Crippen LogP contribution in [0.25, 0.3) is 5.57 Å². The van der Waals surface area contributed by atoms with Gasteiger partial charge in [0.15, 0.2) is 0 Å². The molecule has 1 heterocycles. The minimum atomic E-state index is 0. The number of nitrogens with zero attached hydrogens (tertiary/aromatic N) is 1. The maximum absolute atomic E-state index is 5.42. The van der Waals surface area contributed by atoms with Gasteiger partial charge in [-0.2, -0.15) is 0 Å². The Kier molecular flexibility index (Phi) is 3.27. The van der Waals surface area contributed by atoms with Crippen LogP contribution in [0.2, 0.25) is 0 Å². The third kappa shape index (κ3) is 1.89. The molecular formula is C12H10NOY+2. The zero-order valence-electron chi connectivity index (χ0n) is 8.31. The summed E-state index contributed by atoms with van der Waals surface area (Å²) in [4.78, 5) is 4.22. The van der Waals surface area contributed by atoms with E-state index in [0.717, 1.165) is 17.9 Å². The fourth-order valence-corrected chi connectivity index (χ4v) is 1.91. The van der Waals surface area contributed by atoms with Crippen molar-refractivity contribution in [3.63, 3.8) is 0 Å². The predicted molar refractivity (Wildman–Crippen MR) is 55.8 cm³/mol. The quantitative estimate of drug-likeness (QED) is 0.719. The molecule has 0 bridgehead atoms. The average Bonchev–Trinajstić information content (AvgIpc) is 2.85. The van der Waals surface area contributed by atoms with E-state index in [1.54, 1.807) is 6.54 Å². The summed E-state index contributed by atoms with van der Waals surface area (Å²) in [6, 6.07) is 8.40. The van der Waals surface area contributed by atoms with E-state index < -0.39 is 0 Å². The third-order valence-corrected chi connectivity index (χ3v) is 2.57. The molecule has 1 aromatic rings. The Balaban J connectivity index is 0.000000853. The summed E-state index contributed by atoms with van der Waals surface area (Å²) in [6.07, 6.45) is 3.18. The van der Waals surface area contributed by atoms with Crippen LogP contribution in [0.5, 0.6) is 0 Å². The summed E-state index contributed by atoms with van der Waals surface area (Å²) >= 11 is 0. The van der Waals surface area contributed by atoms with Gasteiger partial charge in [-0.25, -0.2) is 0 Å². The standard InChI is InChI=1S/C12H10NO.Y/c1-2-4-10-9(3-1)5-6-11(10)12-13-7-8-14-12;/h1-4,6-7H,5,8H2;/q-1;+3. The fourth-order valence-electron chi connectivity index (χ4n) is 1.91. The minimum absolute atomic E-state index is 0. The van der Waals surface area contributed by atoms with Gasteiger partial charge >= 0.3 is 32.7 Å². The SMILES string of the molecule is C1=C(C2=N[CH-]CO2)c2ccccc2C1.[Y+3]. The molecule has 1 aliphatic carbocycles. The van der Waals surface area contributed by atoms with Crippen LogP contribution in [-0.4, -0.2) is 12.5 Å². The van der Waals surface area contributed by atoms with E-state index >= 15 is 0 Å². The van der Waals surface area contributed by atoms with E-state index in [0.29, 0.717) is 6.61 Å². The van der Waals surface area contributed by atoms with E-state index in [1.165, 1.54) is 11.1 Å². The Morgan fingerprint density at radius 1 is 1.27 bits per heavy atom. The number of hydrogen-bond acceptors (Lipinski definition) is 2. The van der Waals surface area contributed by atoms with Crippen molar-refractivity contribution in [2.24, 2.45) is 4.99 Å². The van der Waals surface area contributed by atoms with Crippen LogP contribution in [-0.2, 0) is 43.9 Å². The van der Waals surface area contributed by atoms with Crippen molar-refractivity contribution in [2.45, 2.75) is 6.42 Å². The van der Waals surface area contributed by atoms with Crippen molar-refractivity contribution in [2.75, 3.05) is 6.61 Å². The van der Waals surface area contributed by atoms with Crippen LogP contribution < -0.4 is 0 Å². The summed E-state index contributed by atoms with van der Waals surface area (Å²) in [5, 5.41) is 0. The summed E-state index contributed by atoms with van der Waals surface area (Å²) in [5.41, 5.74) is 3.77. The second-order valence-corrected chi connectivity index (χ2v) is 3.41. The maximum Gasteiger partial charge on any atom is 3.00 e. The van der Waals surface area contributed by atoms with E-state index in [9.17, 15) is 0 Å². The number of hydrogen-bond donors (Lipinski definition) is 0. The molecular weight excluding hydrogens is 263 g/mol. The molecule has 0 N–H and O–H groups in total. The summed E-state index contributed by atoms with van der Waals surface area (Å²) in [6.45, 7) is 2.41. The number of ether oxygens (including phenoxy) is 1. The van der Waals surface area contributed by atoms with Crippen molar-refractivity contribution in [1.82, 2.24) is 0 Å². The first-order valence-corrected chi connectivity index (χ1v) is 4.76. The molecule has 3 heteroatoms. The van der Waals surface area contributed by atoms with Gasteiger partial charge in [-0.3, -0.25) is 0 Å². The van der Waals surface area contributed by atoms with Crippen LogP contribution in [0, 0.1) is 6.54 Å². The minimum Gasteiger partial charge on any atom is -0.573 e. The number of rotatable bonds is 1. The zero-order chi connectivity index (χ0) is 9.38. The van der Waals surface area contributed by atoms with Crippen molar-refractivity contribution in [3.8, 4) is 0 Å². The first-order chi connectivity index (χ1) is 6.95. The van der Waals surface area contributed by atoms with Crippen molar-refractivity contribution in [1.29, 1.82) is 0 Å². The molecule has 70 valence electrons. The van der Waals surface area contributed by atoms with E-state index in [4.69, 9.17) is 4.74 Å². The molecule has 0 spiro atoms. The van der Waals surface area contributed by atoms with Crippen LogP contribution in [0.1, 0.15) is 11.1 Å². The molecule has 0 saturated heterocycles. The van der Waals surface area contributed by atoms with Crippen LogP contribution in [0.3, 0.4) is 0 Å². The smallest absolute Gasteiger partial charge is 0.573 e. The van der Waals surface area contributed by atoms with Gasteiger partial charge in [0, 0.05) is 6.61 Å². The second-order valence-electron chi connectivity index (χ2n) is 3.41. The Morgan fingerprint density at radius 2 is 2.13 bits per heavy atom. The van der Waals surface area contributed by atoms with Crippen LogP contribution >= 0.6 is 0 Å². The van der Waals surface area contributed by atoms with Crippen molar-refractivity contribution < 1.29 is 37.4 Å². The first-order valence-electron chi connectivity index (χ1n) is 4.76. The molecule has 0 fully saturated rings.